The fourth-order valence-electron chi connectivity index (χ4n) is 3.08. The van der Waals surface area contributed by atoms with Crippen molar-refractivity contribution in [1.29, 1.82) is 0 Å². The molecule has 1 heterocycles. The summed E-state index contributed by atoms with van der Waals surface area (Å²) in [7, 11) is 0. The Morgan fingerprint density at radius 3 is 2.65 bits per heavy atom. The smallest absolute Gasteiger partial charge is 0.0237 e. The molecule has 0 radical (unpaired) electrons. The summed E-state index contributed by atoms with van der Waals surface area (Å²) in [6, 6.07) is 8.90. The van der Waals surface area contributed by atoms with Crippen LogP contribution in [0.3, 0.4) is 0 Å². The van der Waals surface area contributed by atoms with E-state index in [4.69, 9.17) is 0 Å². The van der Waals surface area contributed by atoms with E-state index in [0.29, 0.717) is 0 Å². The van der Waals surface area contributed by atoms with Gasteiger partial charge in [0.2, 0.25) is 0 Å². The van der Waals surface area contributed by atoms with Crippen molar-refractivity contribution in [3.8, 4) is 0 Å². The maximum atomic E-state index is 3.53. The van der Waals surface area contributed by atoms with Gasteiger partial charge < -0.3 is 5.32 Å². The average Bonchev–Trinajstić information content (AvgIpc) is 2.90. The molecular weight excluding hydrogens is 244 g/mol. The zero-order chi connectivity index (χ0) is 14.4. The molecule has 0 amide bonds. The van der Waals surface area contributed by atoms with Crippen molar-refractivity contribution in [1.82, 2.24) is 10.2 Å². The number of nitrogens with zero attached hydrogens (tertiary/aromatic N) is 1. The Kier molecular flexibility index (Phi) is 6.06. The Hall–Kier alpha value is -0.860. The molecule has 2 heteroatoms. The molecule has 1 aromatic carbocycles. The first kappa shape index (κ1) is 15.5. The van der Waals surface area contributed by atoms with Crippen LogP contribution in [0.5, 0.6) is 0 Å². The summed E-state index contributed by atoms with van der Waals surface area (Å²) in [5.74, 6) is 1.71. The molecule has 0 aromatic heterocycles. The highest BCUT2D eigenvalue weighted by molar-refractivity contribution is 5.27. The summed E-state index contributed by atoms with van der Waals surface area (Å²) in [5.41, 5.74) is 2.97. The maximum absolute atomic E-state index is 3.53. The third kappa shape index (κ3) is 4.32. The number of hydrogen-bond acceptors (Lipinski definition) is 2. The Morgan fingerprint density at radius 1 is 1.25 bits per heavy atom. The minimum absolute atomic E-state index is 0.821. The lowest BCUT2D eigenvalue weighted by molar-refractivity contribution is 0.296. The minimum Gasteiger partial charge on any atom is -0.313 e. The average molecular weight is 274 g/mol. The van der Waals surface area contributed by atoms with Crippen molar-refractivity contribution in [2.45, 2.75) is 46.7 Å². The zero-order valence-corrected chi connectivity index (χ0v) is 13.4. The van der Waals surface area contributed by atoms with E-state index in [1.807, 2.05) is 0 Å². The molecule has 20 heavy (non-hydrogen) atoms. The van der Waals surface area contributed by atoms with Crippen molar-refractivity contribution >= 4 is 0 Å². The lowest BCUT2D eigenvalue weighted by Crippen LogP contribution is -2.23. The fourth-order valence-corrected chi connectivity index (χ4v) is 3.08. The molecule has 1 fully saturated rings. The summed E-state index contributed by atoms with van der Waals surface area (Å²) in [6.07, 6.45) is 2.57. The summed E-state index contributed by atoms with van der Waals surface area (Å²) in [6.45, 7) is 12.7. The van der Waals surface area contributed by atoms with Gasteiger partial charge in [0.05, 0.1) is 0 Å². The van der Waals surface area contributed by atoms with E-state index in [0.717, 1.165) is 31.5 Å². The first-order valence-electron chi connectivity index (χ1n) is 8.20. The quantitative estimate of drug-likeness (QED) is 0.763. The van der Waals surface area contributed by atoms with Crippen LogP contribution in [0, 0.1) is 11.8 Å². The highest BCUT2D eigenvalue weighted by Crippen LogP contribution is 2.25. The molecule has 112 valence electrons. The first-order valence-corrected chi connectivity index (χ1v) is 8.20. The highest BCUT2D eigenvalue weighted by Gasteiger charge is 2.24. The van der Waals surface area contributed by atoms with E-state index in [9.17, 15) is 0 Å². The molecule has 0 aliphatic carbocycles. The number of nitrogens with one attached hydrogen (secondary N) is 1. The van der Waals surface area contributed by atoms with Gasteiger partial charge in [-0.25, -0.2) is 0 Å². The lowest BCUT2D eigenvalue weighted by Gasteiger charge is -2.19. The van der Waals surface area contributed by atoms with E-state index in [1.165, 1.54) is 37.1 Å². The van der Waals surface area contributed by atoms with Crippen molar-refractivity contribution in [2.24, 2.45) is 11.8 Å². The fraction of sp³-hybridized carbons (Fsp3) is 0.667. The van der Waals surface area contributed by atoms with Crippen LogP contribution in [0.25, 0.3) is 0 Å². The van der Waals surface area contributed by atoms with Gasteiger partial charge in [0, 0.05) is 19.6 Å². The SMILES string of the molecule is CCCNCc1ccccc1CN1CCC(C(C)C)C1. The van der Waals surface area contributed by atoms with Gasteiger partial charge in [-0.05, 0) is 48.9 Å². The van der Waals surface area contributed by atoms with E-state index in [-0.39, 0.29) is 0 Å². The molecule has 1 atom stereocenters. The normalized spacial score (nSPS) is 19.9. The predicted octanol–water partition coefficient (Wildman–Crippen LogP) is 3.66. The lowest BCUT2D eigenvalue weighted by atomic mass is 9.95. The van der Waals surface area contributed by atoms with Crippen LogP contribution >= 0.6 is 0 Å². The molecule has 1 aliphatic heterocycles. The second-order valence-corrected chi connectivity index (χ2v) is 6.47. The molecule has 2 nitrogen and oxygen atoms in total. The monoisotopic (exact) mass is 274 g/mol. The van der Waals surface area contributed by atoms with Crippen LogP contribution in [-0.2, 0) is 13.1 Å². The Balaban J connectivity index is 1.92. The van der Waals surface area contributed by atoms with Gasteiger partial charge in [-0.15, -0.1) is 0 Å². The van der Waals surface area contributed by atoms with Crippen LogP contribution in [0.15, 0.2) is 24.3 Å². The summed E-state index contributed by atoms with van der Waals surface area (Å²) < 4.78 is 0. The largest absolute Gasteiger partial charge is 0.313 e. The molecule has 2 rings (SSSR count). The van der Waals surface area contributed by atoms with Gasteiger partial charge in [-0.2, -0.15) is 0 Å². The topological polar surface area (TPSA) is 15.3 Å². The molecular formula is C18H30N2. The van der Waals surface area contributed by atoms with Crippen LogP contribution < -0.4 is 5.32 Å². The summed E-state index contributed by atoms with van der Waals surface area (Å²) >= 11 is 0. The van der Waals surface area contributed by atoms with Gasteiger partial charge >= 0.3 is 0 Å². The van der Waals surface area contributed by atoms with E-state index < -0.39 is 0 Å². The van der Waals surface area contributed by atoms with Gasteiger partial charge in [-0.3, -0.25) is 4.90 Å². The molecule has 1 aromatic rings. The third-order valence-corrected chi connectivity index (χ3v) is 4.51. The second kappa shape index (κ2) is 7.80. The van der Waals surface area contributed by atoms with Crippen LogP contribution in [0.4, 0.5) is 0 Å². The molecule has 0 saturated carbocycles. The molecule has 1 saturated heterocycles. The minimum atomic E-state index is 0.821. The van der Waals surface area contributed by atoms with Gasteiger partial charge in [0.15, 0.2) is 0 Å². The standard InChI is InChI=1S/C18H30N2/c1-4-10-19-12-16-7-5-6-8-18(16)14-20-11-9-17(13-20)15(2)3/h5-8,15,17,19H,4,9-14H2,1-3H3. The summed E-state index contributed by atoms with van der Waals surface area (Å²) in [5, 5.41) is 3.53. The number of benzene rings is 1. The van der Waals surface area contributed by atoms with Crippen molar-refractivity contribution in [3.63, 3.8) is 0 Å². The molecule has 1 aliphatic rings. The zero-order valence-electron chi connectivity index (χ0n) is 13.4. The van der Waals surface area contributed by atoms with Crippen molar-refractivity contribution in [2.75, 3.05) is 19.6 Å². The third-order valence-electron chi connectivity index (χ3n) is 4.51. The van der Waals surface area contributed by atoms with E-state index >= 15 is 0 Å². The van der Waals surface area contributed by atoms with Gasteiger partial charge in [0.1, 0.15) is 0 Å². The van der Waals surface area contributed by atoms with E-state index in [1.54, 1.807) is 0 Å². The first-order chi connectivity index (χ1) is 9.70. The number of hydrogen-bond donors (Lipinski definition) is 1. The Labute approximate surface area is 124 Å². The van der Waals surface area contributed by atoms with Crippen LogP contribution in [0.1, 0.15) is 44.7 Å². The summed E-state index contributed by atoms with van der Waals surface area (Å²) in [4.78, 5) is 2.63. The highest BCUT2D eigenvalue weighted by atomic mass is 15.1. The number of rotatable bonds is 7. The van der Waals surface area contributed by atoms with Crippen molar-refractivity contribution < 1.29 is 0 Å². The number of likely N-dealkylation sites (tertiary alicyclic amines) is 1. The van der Waals surface area contributed by atoms with Crippen molar-refractivity contribution in [3.05, 3.63) is 35.4 Å². The van der Waals surface area contributed by atoms with Crippen LogP contribution in [-0.4, -0.2) is 24.5 Å². The van der Waals surface area contributed by atoms with E-state index in [2.05, 4.69) is 55.3 Å². The van der Waals surface area contributed by atoms with Gasteiger partial charge in [-0.1, -0.05) is 45.0 Å². The Morgan fingerprint density at radius 2 is 2.00 bits per heavy atom. The predicted molar refractivity (Wildman–Crippen MR) is 86.7 cm³/mol. The maximum Gasteiger partial charge on any atom is 0.0237 e. The molecule has 1 N–H and O–H groups in total. The molecule has 1 unspecified atom stereocenters. The van der Waals surface area contributed by atoms with Crippen LogP contribution in [0.2, 0.25) is 0 Å². The molecule has 0 bridgehead atoms. The second-order valence-electron chi connectivity index (χ2n) is 6.47. The Bertz CT molecular complexity index is 400. The molecule has 0 spiro atoms. The van der Waals surface area contributed by atoms with Gasteiger partial charge in [0.25, 0.3) is 0 Å².